The van der Waals surface area contributed by atoms with Crippen LogP contribution >= 0.6 is 0 Å². The van der Waals surface area contributed by atoms with E-state index in [9.17, 15) is 19.2 Å². The molecule has 7 rings (SSSR count). The van der Waals surface area contributed by atoms with Gasteiger partial charge in [-0.2, -0.15) is 0 Å². The molecule has 1 aliphatic heterocycles. The number of ether oxygens (including phenoxy) is 1. The van der Waals surface area contributed by atoms with E-state index in [-0.39, 0.29) is 23.5 Å². The minimum atomic E-state index is -1.22. The van der Waals surface area contributed by atoms with Crippen molar-refractivity contribution in [3.05, 3.63) is 95.1 Å². The molecule has 3 aliphatic carbocycles. The molecular formula is C28H21NO5. The number of anilines is 1. The Balaban J connectivity index is 1.56. The van der Waals surface area contributed by atoms with Crippen molar-refractivity contribution in [2.45, 2.75) is 25.2 Å². The molecule has 3 aromatic carbocycles. The summed E-state index contributed by atoms with van der Waals surface area (Å²) < 4.78 is 5.08. The van der Waals surface area contributed by atoms with Crippen molar-refractivity contribution in [1.82, 2.24) is 0 Å². The third-order valence-electron chi connectivity index (χ3n) is 7.53. The Labute approximate surface area is 196 Å². The number of carbonyl (C=O) groups excluding carboxylic acids is 4. The second-order valence-electron chi connectivity index (χ2n) is 9.12. The normalized spacial score (nSPS) is 26.1. The fraction of sp³-hybridized carbons (Fsp3) is 0.214. The first-order chi connectivity index (χ1) is 16.4. The second-order valence-corrected chi connectivity index (χ2v) is 9.12. The lowest BCUT2D eigenvalue weighted by atomic mass is 9.46. The fourth-order valence-corrected chi connectivity index (χ4v) is 6.45. The molecule has 6 heteroatoms. The Morgan fingerprint density at radius 2 is 1.35 bits per heavy atom. The number of hydrogen-bond donors (Lipinski definition) is 0. The molecule has 1 fully saturated rings. The van der Waals surface area contributed by atoms with Crippen LogP contribution in [0.3, 0.4) is 0 Å². The Bertz CT molecular complexity index is 1360. The SMILES string of the molecule is CC(=O)Oc1ccc(N2C(=O)[C@@H]3C4c5ccccc5C(C(C)=O)(c5ccccc54)[C@@H]3C2=O)cc1. The van der Waals surface area contributed by atoms with Crippen molar-refractivity contribution in [3.8, 4) is 5.75 Å². The lowest BCUT2D eigenvalue weighted by Crippen LogP contribution is -2.57. The van der Waals surface area contributed by atoms with Crippen molar-refractivity contribution in [3.63, 3.8) is 0 Å². The Kier molecular flexibility index (Phi) is 4.21. The predicted molar refractivity (Wildman–Crippen MR) is 123 cm³/mol. The Hall–Kier alpha value is -4.06. The van der Waals surface area contributed by atoms with Crippen LogP contribution < -0.4 is 9.64 Å². The van der Waals surface area contributed by atoms with Crippen LogP contribution in [0.15, 0.2) is 72.8 Å². The number of ketones is 1. The van der Waals surface area contributed by atoms with Crippen LogP contribution in [0.25, 0.3) is 0 Å². The fourth-order valence-electron chi connectivity index (χ4n) is 6.45. The van der Waals surface area contributed by atoms with Crippen molar-refractivity contribution in [2.75, 3.05) is 4.90 Å². The van der Waals surface area contributed by atoms with Gasteiger partial charge in [0.05, 0.1) is 22.9 Å². The molecule has 0 N–H and O–H groups in total. The van der Waals surface area contributed by atoms with Gasteiger partial charge in [-0.05, 0) is 53.4 Å². The molecule has 2 bridgehead atoms. The first kappa shape index (κ1) is 20.5. The minimum Gasteiger partial charge on any atom is -0.427 e. The molecule has 0 saturated carbocycles. The van der Waals surface area contributed by atoms with E-state index in [2.05, 4.69) is 0 Å². The monoisotopic (exact) mass is 451 g/mol. The standard InChI is InChI=1S/C28H21NO5/c1-15(30)28-21-9-5-3-7-19(21)23(20-8-4-6-10-22(20)28)24-25(28)27(33)29(26(24)32)17-11-13-18(14-12-17)34-16(2)31/h3-14,23-25H,1-2H3/t23?,24-,25+,28?/m1/s1. The van der Waals surface area contributed by atoms with Crippen molar-refractivity contribution >= 4 is 29.3 Å². The van der Waals surface area contributed by atoms with E-state index >= 15 is 0 Å². The smallest absolute Gasteiger partial charge is 0.308 e. The molecule has 2 atom stereocenters. The molecule has 34 heavy (non-hydrogen) atoms. The van der Waals surface area contributed by atoms with Crippen LogP contribution in [0.1, 0.15) is 42.0 Å². The van der Waals surface area contributed by atoms with Crippen LogP contribution in [0.2, 0.25) is 0 Å². The summed E-state index contributed by atoms with van der Waals surface area (Å²) in [6.45, 7) is 2.82. The highest BCUT2D eigenvalue weighted by molar-refractivity contribution is 6.25. The van der Waals surface area contributed by atoms with Gasteiger partial charge in [-0.1, -0.05) is 48.5 Å². The lowest BCUT2D eigenvalue weighted by Gasteiger charge is -2.52. The third kappa shape index (κ3) is 2.40. The maximum atomic E-state index is 14.0. The summed E-state index contributed by atoms with van der Waals surface area (Å²) in [5.74, 6) is -2.76. The van der Waals surface area contributed by atoms with Crippen LogP contribution in [-0.4, -0.2) is 23.6 Å². The topological polar surface area (TPSA) is 80.8 Å². The summed E-state index contributed by atoms with van der Waals surface area (Å²) in [6, 6.07) is 21.7. The number of Topliss-reactive ketones (excluding diaryl/α,β-unsaturated/α-hetero) is 1. The van der Waals surface area contributed by atoms with Gasteiger partial charge in [-0.15, -0.1) is 0 Å². The molecule has 0 radical (unpaired) electrons. The second kappa shape index (κ2) is 6.97. The Morgan fingerprint density at radius 3 is 1.88 bits per heavy atom. The Morgan fingerprint density at radius 1 is 0.794 bits per heavy atom. The van der Waals surface area contributed by atoms with E-state index in [0.29, 0.717) is 11.4 Å². The number of imide groups is 1. The minimum absolute atomic E-state index is 0.145. The number of amides is 2. The molecule has 0 spiro atoms. The summed E-state index contributed by atoms with van der Waals surface area (Å²) >= 11 is 0. The quantitative estimate of drug-likeness (QED) is 0.344. The predicted octanol–water partition coefficient (Wildman–Crippen LogP) is 3.75. The zero-order chi connectivity index (χ0) is 23.8. The summed E-state index contributed by atoms with van der Waals surface area (Å²) in [5, 5.41) is 0. The first-order valence-corrected chi connectivity index (χ1v) is 11.2. The van der Waals surface area contributed by atoms with Gasteiger partial charge in [0, 0.05) is 12.8 Å². The van der Waals surface area contributed by atoms with E-state index < -0.39 is 23.2 Å². The highest BCUT2D eigenvalue weighted by Crippen LogP contribution is 2.64. The maximum Gasteiger partial charge on any atom is 0.308 e. The molecule has 168 valence electrons. The highest BCUT2D eigenvalue weighted by Gasteiger charge is 2.69. The third-order valence-corrected chi connectivity index (χ3v) is 7.53. The maximum absolute atomic E-state index is 14.0. The molecule has 0 unspecified atom stereocenters. The van der Waals surface area contributed by atoms with Gasteiger partial charge in [-0.25, -0.2) is 4.90 Å². The number of hydrogen-bond acceptors (Lipinski definition) is 5. The van der Waals surface area contributed by atoms with Gasteiger partial charge in [0.15, 0.2) is 0 Å². The van der Waals surface area contributed by atoms with Crippen molar-refractivity contribution in [1.29, 1.82) is 0 Å². The average molecular weight is 451 g/mol. The van der Waals surface area contributed by atoms with Crippen molar-refractivity contribution < 1.29 is 23.9 Å². The summed E-state index contributed by atoms with van der Waals surface area (Å²) in [7, 11) is 0. The largest absolute Gasteiger partial charge is 0.427 e. The molecular weight excluding hydrogens is 430 g/mol. The van der Waals surface area contributed by atoms with Crippen LogP contribution in [-0.2, 0) is 24.6 Å². The number of nitrogens with zero attached hydrogens (tertiary/aromatic N) is 1. The average Bonchev–Trinajstić information content (AvgIpc) is 3.10. The van der Waals surface area contributed by atoms with E-state index in [1.54, 1.807) is 24.3 Å². The van der Waals surface area contributed by atoms with Gasteiger partial charge in [-0.3, -0.25) is 19.2 Å². The van der Waals surface area contributed by atoms with E-state index in [4.69, 9.17) is 4.74 Å². The van der Waals surface area contributed by atoms with Gasteiger partial charge < -0.3 is 4.74 Å². The van der Waals surface area contributed by atoms with Crippen LogP contribution in [0.5, 0.6) is 5.75 Å². The van der Waals surface area contributed by atoms with E-state index in [1.807, 2.05) is 48.5 Å². The molecule has 2 amide bonds. The summed E-state index contributed by atoms with van der Waals surface area (Å²) in [6.07, 6.45) is 0. The number of esters is 1. The summed E-state index contributed by atoms with van der Waals surface area (Å²) in [5.41, 5.74) is 2.69. The zero-order valence-corrected chi connectivity index (χ0v) is 18.6. The van der Waals surface area contributed by atoms with Crippen LogP contribution in [0.4, 0.5) is 5.69 Å². The molecule has 1 heterocycles. The first-order valence-electron chi connectivity index (χ1n) is 11.2. The molecule has 4 aliphatic rings. The van der Waals surface area contributed by atoms with Gasteiger partial charge in [0.25, 0.3) is 0 Å². The van der Waals surface area contributed by atoms with E-state index in [1.165, 1.54) is 18.7 Å². The van der Waals surface area contributed by atoms with E-state index in [0.717, 1.165) is 22.3 Å². The number of rotatable bonds is 3. The lowest BCUT2D eigenvalue weighted by molar-refractivity contribution is -0.132. The highest BCUT2D eigenvalue weighted by atomic mass is 16.5. The number of benzene rings is 3. The summed E-state index contributed by atoms with van der Waals surface area (Å²) in [4.78, 5) is 53.9. The van der Waals surface area contributed by atoms with Gasteiger partial charge in [0.2, 0.25) is 11.8 Å². The van der Waals surface area contributed by atoms with Crippen molar-refractivity contribution in [2.24, 2.45) is 11.8 Å². The molecule has 1 saturated heterocycles. The molecule has 0 aromatic heterocycles. The molecule has 6 nitrogen and oxygen atoms in total. The zero-order valence-electron chi connectivity index (χ0n) is 18.6. The van der Waals surface area contributed by atoms with Crippen LogP contribution in [0, 0.1) is 11.8 Å². The molecule has 3 aromatic rings. The van der Waals surface area contributed by atoms with Gasteiger partial charge in [0.1, 0.15) is 11.5 Å². The number of carbonyl (C=O) groups is 4. The van der Waals surface area contributed by atoms with Gasteiger partial charge >= 0.3 is 5.97 Å².